The standard InChI is InChI=1S/C22H26N4O6S/c1-24-8-6-16-17(22(24)27)18(30-2)19-20(32-14-31-19)21(16)33(28,29)26-11-9-25(10-12-26)13-15-5-3-4-7-23-15/h3-5,7H,6,8-14H2,1-2H3. The van der Waals surface area contributed by atoms with Gasteiger partial charge in [0.2, 0.25) is 22.6 Å². The third kappa shape index (κ3) is 3.69. The van der Waals surface area contributed by atoms with Gasteiger partial charge < -0.3 is 19.1 Å². The molecule has 3 aliphatic rings. The number of hydrogen-bond donors (Lipinski definition) is 0. The molecule has 3 aliphatic heterocycles. The summed E-state index contributed by atoms with van der Waals surface area (Å²) in [5.74, 6) is 0.252. The second-order valence-electron chi connectivity index (χ2n) is 8.26. The number of ether oxygens (including phenoxy) is 3. The van der Waals surface area contributed by atoms with Crippen molar-refractivity contribution >= 4 is 15.9 Å². The van der Waals surface area contributed by atoms with Gasteiger partial charge in [-0.1, -0.05) is 6.07 Å². The molecular formula is C22H26N4O6S. The summed E-state index contributed by atoms with van der Waals surface area (Å²) < 4.78 is 45.9. The molecular weight excluding hydrogens is 448 g/mol. The Kier molecular flexibility index (Phi) is 5.63. The van der Waals surface area contributed by atoms with Gasteiger partial charge in [-0.2, -0.15) is 4.31 Å². The molecule has 0 unspecified atom stereocenters. The lowest BCUT2D eigenvalue weighted by atomic mass is 9.97. The van der Waals surface area contributed by atoms with Crippen molar-refractivity contribution in [1.82, 2.24) is 19.1 Å². The lowest BCUT2D eigenvalue weighted by Gasteiger charge is -2.35. The maximum absolute atomic E-state index is 13.9. The van der Waals surface area contributed by atoms with Crippen molar-refractivity contribution in [1.29, 1.82) is 0 Å². The van der Waals surface area contributed by atoms with Gasteiger partial charge in [-0.3, -0.25) is 14.7 Å². The lowest BCUT2D eigenvalue weighted by Crippen LogP contribution is -2.48. The summed E-state index contributed by atoms with van der Waals surface area (Å²) in [5.41, 5.74) is 1.63. The highest BCUT2D eigenvalue weighted by Crippen LogP contribution is 2.51. The van der Waals surface area contributed by atoms with E-state index in [-0.39, 0.29) is 40.4 Å². The van der Waals surface area contributed by atoms with Gasteiger partial charge in [-0.15, -0.1) is 0 Å². The molecule has 0 saturated carbocycles. The van der Waals surface area contributed by atoms with Crippen LogP contribution in [-0.4, -0.2) is 87.1 Å². The fourth-order valence-electron chi connectivity index (χ4n) is 4.60. The molecule has 0 radical (unpaired) electrons. The van der Waals surface area contributed by atoms with Crippen molar-refractivity contribution in [3.8, 4) is 17.2 Å². The number of nitrogens with zero attached hydrogens (tertiary/aromatic N) is 4. The molecule has 2 aromatic rings. The predicted molar refractivity (Wildman–Crippen MR) is 118 cm³/mol. The van der Waals surface area contributed by atoms with Crippen molar-refractivity contribution in [3.63, 3.8) is 0 Å². The van der Waals surface area contributed by atoms with Crippen LogP contribution in [0, 0.1) is 0 Å². The second-order valence-corrected chi connectivity index (χ2v) is 10.1. The van der Waals surface area contributed by atoms with Crippen LogP contribution in [0.3, 0.4) is 0 Å². The zero-order chi connectivity index (χ0) is 23.2. The monoisotopic (exact) mass is 474 g/mol. The molecule has 1 amide bonds. The SMILES string of the molecule is COc1c2c(c(S(=O)(=O)N3CCN(Cc4ccccn4)CC3)c3c1C(=O)N(C)CC3)OCO2. The molecule has 0 atom stereocenters. The van der Waals surface area contributed by atoms with Crippen LogP contribution in [0.15, 0.2) is 29.3 Å². The number of benzene rings is 1. The number of rotatable bonds is 5. The Balaban J connectivity index is 1.48. The van der Waals surface area contributed by atoms with E-state index in [0.717, 1.165) is 5.69 Å². The highest BCUT2D eigenvalue weighted by molar-refractivity contribution is 7.89. The van der Waals surface area contributed by atoms with Crippen LogP contribution in [0.2, 0.25) is 0 Å². The number of amides is 1. The number of likely N-dealkylation sites (N-methyl/N-ethyl adjacent to an activating group) is 1. The van der Waals surface area contributed by atoms with Crippen LogP contribution in [0.1, 0.15) is 21.6 Å². The minimum Gasteiger partial charge on any atom is -0.492 e. The van der Waals surface area contributed by atoms with Crippen LogP contribution in [0.4, 0.5) is 0 Å². The van der Waals surface area contributed by atoms with Crippen molar-refractivity contribution < 1.29 is 27.4 Å². The molecule has 1 saturated heterocycles. The minimum absolute atomic E-state index is 0.0328. The molecule has 0 aliphatic carbocycles. The summed E-state index contributed by atoms with van der Waals surface area (Å²) in [7, 11) is -0.807. The molecule has 1 aromatic carbocycles. The first-order valence-electron chi connectivity index (χ1n) is 10.8. The van der Waals surface area contributed by atoms with Crippen molar-refractivity contribution in [2.75, 3.05) is 53.7 Å². The predicted octanol–water partition coefficient (Wildman–Crippen LogP) is 0.953. The molecule has 0 bridgehead atoms. The number of fused-ring (bicyclic) bond motifs is 2. The van der Waals surface area contributed by atoms with Crippen molar-refractivity contribution in [2.45, 2.75) is 17.9 Å². The van der Waals surface area contributed by atoms with Crippen molar-refractivity contribution in [3.05, 3.63) is 41.2 Å². The van der Waals surface area contributed by atoms with Gasteiger partial charge in [0, 0.05) is 52.5 Å². The maximum Gasteiger partial charge on any atom is 0.257 e. The second kappa shape index (κ2) is 8.47. The fourth-order valence-corrected chi connectivity index (χ4v) is 6.40. The smallest absolute Gasteiger partial charge is 0.257 e. The van der Waals surface area contributed by atoms with Gasteiger partial charge in [0.05, 0.1) is 18.4 Å². The minimum atomic E-state index is -3.93. The highest BCUT2D eigenvalue weighted by atomic mass is 32.2. The van der Waals surface area contributed by atoms with Gasteiger partial charge in [0.1, 0.15) is 4.90 Å². The van der Waals surface area contributed by atoms with E-state index in [2.05, 4.69) is 9.88 Å². The largest absolute Gasteiger partial charge is 0.492 e. The van der Waals surface area contributed by atoms with Gasteiger partial charge in [-0.25, -0.2) is 8.42 Å². The van der Waals surface area contributed by atoms with Crippen LogP contribution in [0.5, 0.6) is 17.2 Å². The van der Waals surface area contributed by atoms with Crippen LogP contribution >= 0.6 is 0 Å². The molecule has 10 nitrogen and oxygen atoms in total. The van der Waals surface area contributed by atoms with E-state index < -0.39 is 10.0 Å². The molecule has 1 fully saturated rings. The number of carbonyl (C=O) groups excluding carboxylic acids is 1. The Morgan fingerprint density at radius 2 is 1.85 bits per heavy atom. The third-order valence-electron chi connectivity index (χ3n) is 6.33. The van der Waals surface area contributed by atoms with E-state index in [1.807, 2.05) is 18.2 Å². The van der Waals surface area contributed by atoms with E-state index in [1.54, 1.807) is 18.1 Å². The van der Waals surface area contributed by atoms with E-state index in [4.69, 9.17) is 14.2 Å². The lowest BCUT2D eigenvalue weighted by molar-refractivity contribution is 0.0775. The van der Waals surface area contributed by atoms with Crippen LogP contribution < -0.4 is 14.2 Å². The van der Waals surface area contributed by atoms with E-state index in [0.29, 0.717) is 51.3 Å². The number of sulfonamides is 1. The van der Waals surface area contributed by atoms with Gasteiger partial charge in [0.25, 0.3) is 5.91 Å². The Morgan fingerprint density at radius 1 is 1.09 bits per heavy atom. The van der Waals surface area contributed by atoms with Crippen molar-refractivity contribution in [2.24, 2.45) is 0 Å². The van der Waals surface area contributed by atoms with E-state index in [1.165, 1.54) is 11.4 Å². The third-order valence-corrected chi connectivity index (χ3v) is 8.32. The number of carbonyl (C=O) groups is 1. The molecule has 4 heterocycles. The fraction of sp³-hybridized carbons (Fsp3) is 0.455. The zero-order valence-corrected chi connectivity index (χ0v) is 19.4. The molecule has 5 rings (SSSR count). The summed E-state index contributed by atoms with van der Waals surface area (Å²) in [4.78, 5) is 21.1. The summed E-state index contributed by atoms with van der Waals surface area (Å²) >= 11 is 0. The molecule has 1 aromatic heterocycles. The quantitative estimate of drug-likeness (QED) is 0.632. The summed E-state index contributed by atoms with van der Waals surface area (Å²) in [6.45, 7) is 2.78. The average molecular weight is 475 g/mol. The molecule has 0 N–H and O–H groups in total. The molecule has 176 valence electrons. The van der Waals surface area contributed by atoms with Gasteiger partial charge >= 0.3 is 0 Å². The normalized spacial score (nSPS) is 19.0. The summed E-state index contributed by atoms with van der Waals surface area (Å²) in [6, 6.07) is 5.77. The van der Waals surface area contributed by atoms with Crippen LogP contribution in [-0.2, 0) is 23.0 Å². The Hall–Kier alpha value is -2.89. The first-order chi connectivity index (χ1) is 15.9. The van der Waals surface area contributed by atoms with Gasteiger partial charge in [0.15, 0.2) is 11.5 Å². The van der Waals surface area contributed by atoms with Gasteiger partial charge in [-0.05, 0) is 24.1 Å². The number of aromatic nitrogens is 1. The number of hydrogen-bond acceptors (Lipinski definition) is 8. The number of piperazine rings is 1. The topological polar surface area (TPSA) is 102 Å². The van der Waals surface area contributed by atoms with Crippen LogP contribution in [0.25, 0.3) is 0 Å². The Bertz CT molecular complexity index is 1180. The average Bonchev–Trinajstić information content (AvgIpc) is 3.30. The van der Waals surface area contributed by atoms with E-state index in [9.17, 15) is 13.2 Å². The highest BCUT2D eigenvalue weighted by Gasteiger charge is 2.43. The molecule has 0 spiro atoms. The van der Waals surface area contributed by atoms with E-state index >= 15 is 0 Å². The first-order valence-corrected chi connectivity index (χ1v) is 12.3. The number of pyridine rings is 1. The zero-order valence-electron chi connectivity index (χ0n) is 18.6. The maximum atomic E-state index is 13.9. The number of methoxy groups -OCH3 is 1. The first kappa shape index (κ1) is 21.9. The molecule has 33 heavy (non-hydrogen) atoms. The Morgan fingerprint density at radius 3 is 2.55 bits per heavy atom. The Labute approximate surface area is 192 Å². The molecule has 11 heteroatoms. The summed E-state index contributed by atoms with van der Waals surface area (Å²) in [5, 5.41) is 0. The summed E-state index contributed by atoms with van der Waals surface area (Å²) in [6.07, 6.45) is 2.14.